The molecule has 1 aliphatic heterocycles. The van der Waals surface area contributed by atoms with Crippen LogP contribution in [0, 0.1) is 6.92 Å². The fraction of sp³-hybridized carbons (Fsp3) is 0.333. The maximum Gasteiger partial charge on any atom is 0.322 e. The second-order valence-corrected chi connectivity index (χ2v) is 6.72. The number of carbonyl (C=O) groups excluding carboxylic acids is 2. The first-order chi connectivity index (χ1) is 13.1. The van der Waals surface area contributed by atoms with Gasteiger partial charge in [-0.3, -0.25) is 4.79 Å². The predicted octanol–water partition coefficient (Wildman–Crippen LogP) is 3.32. The summed E-state index contributed by atoms with van der Waals surface area (Å²) in [4.78, 5) is 26.8. The van der Waals surface area contributed by atoms with E-state index in [-0.39, 0.29) is 11.9 Å². The quantitative estimate of drug-likeness (QED) is 0.852. The molecule has 0 spiro atoms. The van der Waals surface area contributed by atoms with Crippen molar-refractivity contribution in [2.24, 2.45) is 0 Å². The van der Waals surface area contributed by atoms with Crippen LogP contribution < -0.4 is 15.4 Å². The fourth-order valence-corrected chi connectivity index (χ4v) is 3.19. The Hall–Kier alpha value is -3.02. The van der Waals surface area contributed by atoms with Gasteiger partial charge in [0.05, 0.1) is 7.11 Å². The van der Waals surface area contributed by atoms with E-state index in [9.17, 15) is 9.59 Å². The van der Waals surface area contributed by atoms with Gasteiger partial charge in [-0.1, -0.05) is 35.9 Å². The first kappa shape index (κ1) is 18.8. The number of nitrogens with one attached hydrogen (secondary N) is 2. The second-order valence-electron chi connectivity index (χ2n) is 6.72. The molecule has 0 aromatic heterocycles. The zero-order valence-electron chi connectivity index (χ0n) is 15.7. The summed E-state index contributed by atoms with van der Waals surface area (Å²) in [6.45, 7) is 3.05. The Morgan fingerprint density at radius 1 is 1.19 bits per heavy atom. The molecule has 1 saturated heterocycles. The van der Waals surface area contributed by atoms with Crippen LogP contribution in [0.4, 0.5) is 10.5 Å². The average molecular weight is 367 g/mol. The fourth-order valence-electron chi connectivity index (χ4n) is 3.19. The van der Waals surface area contributed by atoms with Crippen molar-refractivity contribution in [3.63, 3.8) is 0 Å². The number of carbonyl (C=O) groups is 2. The van der Waals surface area contributed by atoms with E-state index in [1.54, 1.807) is 24.1 Å². The van der Waals surface area contributed by atoms with E-state index in [1.807, 2.05) is 43.3 Å². The SMILES string of the molecule is COc1cccc(NC(=O)N2CCCC2C(=O)NCc2ccc(C)cc2)c1. The summed E-state index contributed by atoms with van der Waals surface area (Å²) < 4.78 is 5.17. The molecule has 142 valence electrons. The number of methoxy groups -OCH3 is 1. The van der Waals surface area contributed by atoms with Crippen molar-refractivity contribution in [2.75, 3.05) is 19.0 Å². The van der Waals surface area contributed by atoms with Gasteiger partial charge in [0.2, 0.25) is 5.91 Å². The van der Waals surface area contributed by atoms with Crippen molar-refractivity contribution in [3.05, 3.63) is 59.7 Å². The normalized spacial score (nSPS) is 16.1. The highest BCUT2D eigenvalue weighted by atomic mass is 16.5. The van der Waals surface area contributed by atoms with Gasteiger partial charge in [0.25, 0.3) is 0 Å². The smallest absolute Gasteiger partial charge is 0.322 e. The Labute approximate surface area is 159 Å². The highest BCUT2D eigenvalue weighted by Crippen LogP contribution is 2.21. The molecule has 6 nitrogen and oxygen atoms in total. The van der Waals surface area contributed by atoms with Crippen LogP contribution in [0.2, 0.25) is 0 Å². The topological polar surface area (TPSA) is 70.7 Å². The zero-order valence-corrected chi connectivity index (χ0v) is 15.7. The van der Waals surface area contributed by atoms with Crippen LogP contribution in [0.3, 0.4) is 0 Å². The number of aryl methyl sites for hydroxylation is 1. The number of nitrogens with zero attached hydrogens (tertiary/aromatic N) is 1. The van der Waals surface area contributed by atoms with Crippen LogP contribution >= 0.6 is 0 Å². The number of likely N-dealkylation sites (tertiary alicyclic amines) is 1. The number of anilines is 1. The minimum atomic E-state index is -0.443. The Morgan fingerprint density at radius 3 is 2.70 bits per heavy atom. The Balaban J connectivity index is 1.59. The van der Waals surface area contributed by atoms with Crippen molar-refractivity contribution in [2.45, 2.75) is 32.4 Å². The monoisotopic (exact) mass is 367 g/mol. The molecular weight excluding hydrogens is 342 g/mol. The summed E-state index contributed by atoms with van der Waals surface area (Å²) in [5.41, 5.74) is 2.87. The molecule has 1 fully saturated rings. The Morgan fingerprint density at radius 2 is 1.96 bits per heavy atom. The molecule has 2 N–H and O–H groups in total. The number of hydrogen-bond acceptors (Lipinski definition) is 3. The van der Waals surface area contributed by atoms with Gasteiger partial charge in [-0.2, -0.15) is 0 Å². The second kappa shape index (κ2) is 8.58. The molecule has 2 aromatic rings. The van der Waals surface area contributed by atoms with Gasteiger partial charge in [0, 0.05) is 24.8 Å². The number of rotatable bonds is 5. The number of benzene rings is 2. The number of amides is 3. The highest BCUT2D eigenvalue weighted by Gasteiger charge is 2.34. The van der Waals surface area contributed by atoms with E-state index in [4.69, 9.17) is 4.74 Å². The van der Waals surface area contributed by atoms with E-state index in [1.165, 1.54) is 5.56 Å². The minimum absolute atomic E-state index is 0.117. The van der Waals surface area contributed by atoms with E-state index < -0.39 is 6.04 Å². The summed E-state index contributed by atoms with van der Waals surface area (Å²) in [6, 6.07) is 14.5. The molecule has 1 heterocycles. The van der Waals surface area contributed by atoms with Crippen LogP contribution in [-0.4, -0.2) is 36.5 Å². The largest absolute Gasteiger partial charge is 0.497 e. The van der Waals surface area contributed by atoms with E-state index in [0.717, 1.165) is 12.0 Å². The first-order valence-corrected chi connectivity index (χ1v) is 9.12. The molecule has 3 rings (SSSR count). The van der Waals surface area contributed by atoms with Gasteiger partial charge in [-0.05, 0) is 37.5 Å². The third-order valence-electron chi connectivity index (χ3n) is 4.72. The first-order valence-electron chi connectivity index (χ1n) is 9.12. The van der Waals surface area contributed by atoms with Gasteiger partial charge in [-0.15, -0.1) is 0 Å². The molecule has 0 bridgehead atoms. The summed E-state index contributed by atoms with van der Waals surface area (Å²) in [5, 5.41) is 5.80. The molecule has 0 aliphatic carbocycles. The van der Waals surface area contributed by atoms with Crippen molar-refractivity contribution >= 4 is 17.6 Å². The predicted molar refractivity (Wildman–Crippen MR) is 105 cm³/mol. The third kappa shape index (κ3) is 4.78. The minimum Gasteiger partial charge on any atom is -0.497 e. The molecular formula is C21H25N3O3. The van der Waals surface area contributed by atoms with Crippen molar-refractivity contribution in [3.8, 4) is 5.75 Å². The molecule has 1 atom stereocenters. The number of hydrogen-bond donors (Lipinski definition) is 2. The maximum absolute atomic E-state index is 12.6. The van der Waals surface area contributed by atoms with Crippen molar-refractivity contribution in [1.29, 1.82) is 0 Å². The van der Waals surface area contributed by atoms with E-state index >= 15 is 0 Å². The average Bonchev–Trinajstić information content (AvgIpc) is 3.17. The van der Waals surface area contributed by atoms with Crippen LogP contribution in [0.1, 0.15) is 24.0 Å². The van der Waals surface area contributed by atoms with Gasteiger partial charge in [0.15, 0.2) is 0 Å². The number of urea groups is 1. The lowest BCUT2D eigenvalue weighted by Crippen LogP contribution is -2.47. The van der Waals surface area contributed by atoms with E-state index in [2.05, 4.69) is 10.6 Å². The van der Waals surface area contributed by atoms with E-state index in [0.29, 0.717) is 30.9 Å². The summed E-state index contributed by atoms with van der Waals surface area (Å²) in [7, 11) is 1.58. The molecule has 0 saturated carbocycles. The molecule has 0 radical (unpaired) electrons. The number of ether oxygens (including phenoxy) is 1. The Kier molecular flexibility index (Phi) is 5.96. The summed E-state index contributed by atoms with van der Waals surface area (Å²) >= 11 is 0. The summed E-state index contributed by atoms with van der Waals surface area (Å²) in [5.74, 6) is 0.551. The third-order valence-corrected chi connectivity index (χ3v) is 4.72. The molecule has 1 aliphatic rings. The van der Waals surface area contributed by atoms with Gasteiger partial charge < -0.3 is 20.3 Å². The molecule has 27 heavy (non-hydrogen) atoms. The molecule has 1 unspecified atom stereocenters. The Bertz CT molecular complexity index is 805. The van der Waals surface area contributed by atoms with Crippen molar-refractivity contribution < 1.29 is 14.3 Å². The lowest BCUT2D eigenvalue weighted by Gasteiger charge is -2.24. The maximum atomic E-state index is 12.6. The zero-order chi connectivity index (χ0) is 19.2. The summed E-state index contributed by atoms with van der Waals surface area (Å²) in [6.07, 6.45) is 1.49. The lowest BCUT2D eigenvalue weighted by molar-refractivity contribution is -0.124. The van der Waals surface area contributed by atoms with Crippen molar-refractivity contribution in [1.82, 2.24) is 10.2 Å². The van der Waals surface area contributed by atoms with Gasteiger partial charge in [0.1, 0.15) is 11.8 Å². The lowest BCUT2D eigenvalue weighted by atomic mass is 10.1. The van der Waals surface area contributed by atoms with Crippen LogP contribution in [-0.2, 0) is 11.3 Å². The van der Waals surface area contributed by atoms with Gasteiger partial charge >= 0.3 is 6.03 Å². The molecule has 3 amide bonds. The standard InChI is InChI=1S/C21H25N3O3/c1-15-8-10-16(11-9-15)14-22-20(25)19-7-4-12-24(19)21(26)23-17-5-3-6-18(13-17)27-2/h3,5-6,8-11,13,19H,4,7,12,14H2,1-2H3,(H,22,25)(H,23,26). The van der Waals surface area contributed by atoms with Crippen LogP contribution in [0.25, 0.3) is 0 Å². The molecule has 2 aromatic carbocycles. The van der Waals surface area contributed by atoms with Gasteiger partial charge in [-0.25, -0.2) is 4.79 Å². The van der Waals surface area contributed by atoms with Crippen LogP contribution in [0.5, 0.6) is 5.75 Å². The van der Waals surface area contributed by atoms with Crippen LogP contribution in [0.15, 0.2) is 48.5 Å². The highest BCUT2D eigenvalue weighted by molar-refractivity contribution is 5.94. The molecule has 6 heteroatoms.